The van der Waals surface area contributed by atoms with Crippen molar-refractivity contribution in [2.24, 2.45) is 5.92 Å². The van der Waals surface area contributed by atoms with E-state index in [0.717, 1.165) is 27.5 Å². The summed E-state index contributed by atoms with van der Waals surface area (Å²) in [6.07, 6.45) is 1.08. The minimum absolute atomic E-state index is 0.272. The van der Waals surface area contributed by atoms with E-state index >= 15 is 0 Å². The minimum atomic E-state index is 0.272. The lowest BCUT2D eigenvalue weighted by atomic mass is 10.0. The zero-order chi connectivity index (χ0) is 11.0. The normalized spacial score (nSPS) is 25.8. The van der Waals surface area contributed by atoms with Crippen LogP contribution in [0.25, 0.3) is 0 Å². The van der Waals surface area contributed by atoms with Crippen molar-refractivity contribution in [3.8, 4) is 5.75 Å². The van der Waals surface area contributed by atoms with Gasteiger partial charge in [0.05, 0.1) is 4.47 Å². The number of rotatable bonds is 1. The standard InChI is InChI=1S/C11H13Br2NO/c1-6-2-10(14-5-6)8-3-7(12)4-9(13)11(8)15/h3-4,6,10,14-15H,2,5H2,1H3. The third-order valence-corrected chi connectivity index (χ3v) is 3.85. The van der Waals surface area contributed by atoms with Crippen LogP contribution in [-0.4, -0.2) is 11.7 Å². The zero-order valence-electron chi connectivity index (χ0n) is 8.43. The van der Waals surface area contributed by atoms with Crippen LogP contribution in [0.1, 0.15) is 24.9 Å². The fraction of sp³-hybridized carbons (Fsp3) is 0.455. The first-order chi connectivity index (χ1) is 7.08. The smallest absolute Gasteiger partial charge is 0.134 e. The Bertz CT molecular complexity index is 381. The summed E-state index contributed by atoms with van der Waals surface area (Å²) >= 11 is 6.79. The molecule has 0 aromatic heterocycles. The number of phenolic OH excluding ortho intramolecular Hbond substituents is 1. The molecule has 1 aliphatic heterocycles. The molecule has 2 rings (SSSR count). The summed E-state index contributed by atoms with van der Waals surface area (Å²) in [4.78, 5) is 0. The number of benzene rings is 1. The SMILES string of the molecule is CC1CNC(c2cc(Br)cc(Br)c2O)C1. The molecule has 1 aromatic rings. The summed E-state index contributed by atoms with van der Waals surface area (Å²) in [6.45, 7) is 3.24. The number of aromatic hydroxyl groups is 1. The average molecular weight is 335 g/mol. The van der Waals surface area contributed by atoms with Gasteiger partial charge in [-0.15, -0.1) is 0 Å². The summed E-state index contributed by atoms with van der Waals surface area (Å²) in [5.41, 5.74) is 0.973. The van der Waals surface area contributed by atoms with Crippen molar-refractivity contribution in [1.29, 1.82) is 0 Å². The van der Waals surface area contributed by atoms with Crippen molar-refractivity contribution in [3.05, 3.63) is 26.6 Å². The lowest BCUT2D eigenvalue weighted by Gasteiger charge is -2.14. The van der Waals surface area contributed by atoms with E-state index in [1.165, 1.54) is 0 Å². The number of phenols is 1. The van der Waals surface area contributed by atoms with Crippen molar-refractivity contribution in [2.45, 2.75) is 19.4 Å². The maximum Gasteiger partial charge on any atom is 0.134 e. The molecule has 1 saturated heterocycles. The second kappa shape index (κ2) is 4.44. The van der Waals surface area contributed by atoms with Crippen molar-refractivity contribution in [1.82, 2.24) is 5.32 Å². The van der Waals surface area contributed by atoms with E-state index in [2.05, 4.69) is 44.1 Å². The van der Waals surface area contributed by atoms with E-state index in [4.69, 9.17) is 0 Å². The van der Waals surface area contributed by atoms with Crippen LogP contribution in [0.5, 0.6) is 5.75 Å². The Labute approximate surface area is 106 Å². The molecule has 1 aromatic carbocycles. The molecule has 82 valence electrons. The molecule has 0 spiro atoms. The molecule has 4 heteroatoms. The van der Waals surface area contributed by atoms with Gasteiger partial charge in [0.2, 0.25) is 0 Å². The fourth-order valence-corrected chi connectivity index (χ4v) is 3.26. The highest BCUT2D eigenvalue weighted by atomic mass is 79.9. The lowest BCUT2D eigenvalue weighted by Crippen LogP contribution is -2.13. The molecule has 2 nitrogen and oxygen atoms in total. The van der Waals surface area contributed by atoms with Gasteiger partial charge in [0, 0.05) is 16.1 Å². The Morgan fingerprint density at radius 3 is 2.73 bits per heavy atom. The molecule has 0 saturated carbocycles. The lowest BCUT2D eigenvalue weighted by molar-refractivity contribution is 0.452. The molecule has 0 radical (unpaired) electrons. The first-order valence-corrected chi connectivity index (χ1v) is 6.58. The summed E-state index contributed by atoms with van der Waals surface area (Å²) in [7, 11) is 0. The van der Waals surface area contributed by atoms with Gasteiger partial charge in [-0.05, 0) is 46.9 Å². The van der Waals surface area contributed by atoms with Gasteiger partial charge in [-0.3, -0.25) is 0 Å². The largest absolute Gasteiger partial charge is 0.506 e. The highest BCUT2D eigenvalue weighted by Gasteiger charge is 2.25. The van der Waals surface area contributed by atoms with Gasteiger partial charge in [-0.25, -0.2) is 0 Å². The molecule has 1 aliphatic rings. The molecule has 2 atom stereocenters. The van der Waals surface area contributed by atoms with E-state index < -0.39 is 0 Å². The third-order valence-electron chi connectivity index (χ3n) is 2.78. The van der Waals surface area contributed by atoms with E-state index in [1.54, 1.807) is 0 Å². The number of hydrogen-bond donors (Lipinski definition) is 2. The Kier molecular flexibility index (Phi) is 3.38. The van der Waals surface area contributed by atoms with Crippen molar-refractivity contribution in [2.75, 3.05) is 6.54 Å². The summed E-state index contributed by atoms with van der Waals surface area (Å²) in [5, 5.41) is 13.4. The van der Waals surface area contributed by atoms with Crippen LogP contribution in [0, 0.1) is 5.92 Å². The van der Waals surface area contributed by atoms with Crippen LogP contribution in [-0.2, 0) is 0 Å². The highest BCUT2D eigenvalue weighted by molar-refractivity contribution is 9.11. The Hall–Kier alpha value is -0.0600. The molecule has 2 unspecified atom stereocenters. The number of nitrogens with one attached hydrogen (secondary N) is 1. The number of halogens is 2. The van der Waals surface area contributed by atoms with Crippen LogP contribution in [0.4, 0.5) is 0 Å². The van der Waals surface area contributed by atoms with Gasteiger partial charge < -0.3 is 10.4 Å². The number of hydrogen-bond acceptors (Lipinski definition) is 2. The maximum atomic E-state index is 9.96. The fourth-order valence-electron chi connectivity index (χ4n) is 2.00. The predicted molar refractivity (Wildman–Crippen MR) is 68.0 cm³/mol. The quantitative estimate of drug-likeness (QED) is 0.822. The minimum Gasteiger partial charge on any atom is -0.506 e. The zero-order valence-corrected chi connectivity index (χ0v) is 11.6. The van der Waals surface area contributed by atoms with Crippen LogP contribution in [0.15, 0.2) is 21.1 Å². The van der Waals surface area contributed by atoms with E-state index in [0.29, 0.717) is 11.7 Å². The van der Waals surface area contributed by atoms with Crippen molar-refractivity contribution < 1.29 is 5.11 Å². The Morgan fingerprint density at radius 1 is 1.40 bits per heavy atom. The molecular weight excluding hydrogens is 322 g/mol. The topological polar surface area (TPSA) is 32.3 Å². The first kappa shape index (κ1) is 11.4. The van der Waals surface area contributed by atoms with Crippen LogP contribution < -0.4 is 5.32 Å². The van der Waals surface area contributed by atoms with Gasteiger partial charge in [0.15, 0.2) is 0 Å². The summed E-state index contributed by atoms with van der Waals surface area (Å²) in [5.74, 6) is 1.02. The molecule has 0 bridgehead atoms. The Balaban J connectivity index is 2.35. The molecule has 2 N–H and O–H groups in total. The van der Waals surface area contributed by atoms with Gasteiger partial charge in [0.1, 0.15) is 5.75 Å². The van der Waals surface area contributed by atoms with E-state index in [-0.39, 0.29) is 6.04 Å². The Morgan fingerprint density at radius 2 is 2.13 bits per heavy atom. The van der Waals surface area contributed by atoms with E-state index in [1.807, 2.05) is 12.1 Å². The van der Waals surface area contributed by atoms with Gasteiger partial charge in [-0.1, -0.05) is 22.9 Å². The summed E-state index contributed by atoms with van der Waals surface area (Å²) in [6, 6.07) is 4.11. The van der Waals surface area contributed by atoms with Crippen molar-refractivity contribution >= 4 is 31.9 Å². The first-order valence-electron chi connectivity index (χ1n) is 4.99. The molecule has 1 fully saturated rings. The maximum absolute atomic E-state index is 9.96. The van der Waals surface area contributed by atoms with Gasteiger partial charge in [0.25, 0.3) is 0 Å². The van der Waals surface area contributed by atoms with Crippen LogP contribution in [0.2, 0.25) is 0 Å². The summed E-state index contributed by atoms with van der Waals surface area (Å²) < 4.78 is 1.73. The molecule has 15 heavy (non-hydrogen) atoms. The van der Waals surface area contributed by atoms with Crippen molar-refractivity contribution in [3.63, 3.8) is 0 Å². The second-order valence-electron chi connectivity index (χ2n) is 4.13. The molecule has 0 aliphatic carbocycles. The van der Waals surface area contributed by atoms with Crippen LogP contribution in [0.3, 0.4) is 0 Å². The third kappa shape index (κ3) is 2.37. The monoisotopic (exact) mass is 333 g/mol. The average Bonchev–Trinajstić information content (AvgIpc) is 2.58. The van der Waals surface area contributed by atoms with E-state index in [9.17, 15) is 5.11 Å². The predicted octanol–water partition coefficient (Wildman–Crippen LogP) is 3.59. The highest BCUT2D eigenvalue weighted by Crippen LogP contribution is 2.38. The second-order valence-corrected chi connectivity index (χ2v) is 5.90. The van der Waals surface area contributed by atoms with Crippen LogP contribution >= 0.6 is 31.9 Å². The molecular formula is C11H13Br2NO. The van der Waals surface area contributed by atoms with Gasteiger partial charge >= 0.3 is 0 Å². The van der Waals surface area contributed by atoms with Gasteiger partial charge in [-0.2, -0.15) is 0 Å². The molecule has 0 amide bonds. The molecule has 1 heterocycles.